The van der Waals surface area contributed by atoms with Gasteiger partial charge in [0.2, 0.25) is 0 Å². The molecule has 2 rings (SSSR count). The number of benzene rings is 1. The van der Waals surface area contributed by atoms with Gasteiger partial charge in [-0.1, -0.05) is 30.0 Å². The normalized spacial score (nSPS) is 10.4. The first kappa shape index (κ1) is 14.5. The number of nitrogens with one attached hydrogen (secondary N) is 1. The van der Waals surface area contributed by atoms with Crippen molar-refractivity contribution >= 4 is 17.6 Å². The zero-order chi connectivity index (χ0) is 14.4. The van der Waals surface area contributed by atoms with Gasteiger partial charge in [0.15, 0.2) is 5.16 Å². The van der Waals surface area contributed by atoms with Crippen molar-refractivity contribution in [3.05, 3.63) is 46.2 Å². The summed E-state index contributed by atoms with van der Waals surface area (Å²) < 4.78 is 5.69. The number of nitrogens with two attached hydrogens (primary N) is 1. The summed E-state index contributed by atoms with van der Waals surface area (Å²) in [5.74, 6) is 1.96. The Morgan fingerprint density at radius 3 is 2.95 bits per heavy atom. The quantitative estimate of drug-likeness (QED) is 0.484. The van der Waals surface area contributed by atoms with E-state index in [0.717, 1.165) is 23.5 Å². The van der Waals surface area contributed by atoms with Crippen LogP contribution in [0.3, 0.4) is 0 Å². The first-order valence-electron chi connectivity index (χ1n) is 6.33. The number of aromatic amines is 1. The minimum atomic E-state index is -0.226. The van der Waals surface area contributed by atoms with E-state index in [2.05, 4.69) is 9.97 Å². The van der Waals surface area contributed by atoms with E-state index in [1.807, 2.05) is 31.2 Å². The van der Waals surface area contributed by atoms with Crippen molar-refractivity contribution in [1.82, 2.24) is 9.97 Å². The highest BCUT2D eigenvalue weighted by Crippen LogP contribution is 2.17. The molecule has 0 aliphatic carbocycles. The van der Waals surface area contributed by atoms with Crippen molar-refractivity contribution in [2.75, 3.05) is 18.1 Å². The molecule has 0 aliphatic rings. The number of anilines is 1. The maximum absolute atomic E-state index is 11.2. The van der Waals surface area contributed by atoms with Crippen LogP contribution in [-0.2, 0) is 0 Å². The number of hydrogen-bond donors (Lipinski definition) is 2. The van der Waals surface area contributed by atoms with Crippen LogP contribution in [0.5, 0.6) is 5.75 Å². The second-order valence-electron chi connectivity index (χ2n) is 4.29. The summed E-state index contributed by atoms with van der Waals surface area (Å²) in [6.45, 7) is 2.65. The van der Waals surface area contributed by atoms with E-state index in [1.165, 1.54) is 17.8 Å². The Kier molecular flexibility index (Phi) is 5.06. The highest BCUT2D eigenvalue weighted by molar-refractivity contribution is 7.99. The lowest BCUT2D eigenvalue weighted by atomic mass is 10.2. The molecule has 20 heavy (non-hydrogen) atoms. The molecule has 0 radical (unpaired) electrons. The molecule has 0 saturated carbocycles. The monoisotopic (exact) mass is 291 g/mol. The molecule has 1 aromatic carbocycles. The minimum absolute atomic E-state index is 0.226. The molecule has 5 nitrogen and oxygen atoms in total. The maximum atomic E-state index is 11.2. The SMILES string of the molecule is Cc1ccccc1OCCCSc1nc(N)cc(=O)[nH]1. The molecule has 0 bridgehead atoms. The van der Waals surface area contributed by atoms with Gasteiger partial charge in [-0.25, -0.2) is 4.98 Å². The fourth-order valence-corrected chi connectivity index (χ4v) is 2.45. The number of para-hydroxylation sites is 1. The van der Waals surface area contributed by atoms with Gasteiger partial charge in [0.1, 0.15) is 11.6 Å². The van der Waals surface area contributed by atoms with Crippen LogP contribution in [-0.4, -0.2) is 22.3 Å². The summed E-state index contributed by atoms with van der Waals surface area (Å²) in [5, 5.41) is 0.547. The predicted octanol–water partition coefficient (Wildman–Crippen LogP) is 2.22. The van der Waals surface area contributed by atoms with E-state index < -0.39 is 0 Å². The van der Waals surface area contributed by atoms with Gasteiger partial charge in [0, 0.05) is 11.8 Å². The molecule has 6 heteroatoms. The Bertz CT molecular complexity index is 628. The highest BCUT2D eigenvalue weighted by Gasteiger charge is 2.01. The van der Waals surface area contributed by atoms with Crippen LogP contribution in [0.25, 0.3) is 0 Å². The summed E-state index contributed by atoms with van der Waals surface area (Å²) in [4.78, 5) is 17.9. The second kappa shape index (κ2) is 7.00. The van der Waals surface area contributed by atoms with Gasteiger partial charge < -0.3 is 15.5 Å². The number of nitrogen functional groups attached to an aromatic ring is 1. The van der Waals surface area contributed by atoms with Gasteiger partial charge in [-0.05, 0) is 25.0 Å². The number of aryl methyl sites for hydroxylation is 1. The summed E-state index contributed by atoms with van der Waals surface area (Å²) in [7, 11) is 0. The lowest BCUT2D eigenvalue weighted by Gasteiger charge is -2.08. The number of ether oxygens (including phenoxy) is 1. The number of nitrogens with zero attached hydrogens (tertiary/aromatic N) is 1. The third-order valence-corrected chi connectivity index (χ3v) is 3.58. The number of H-pyrrole nitrogens is 1. The van der Waals surface area contributed by atoms with Crippen molar-refractivity contribution in [2.45, 2.75) is 18.5 Å². The van der Waals surface area contributed by atoms with Crippen LogP contribution in [0.1, 0.15) is 12.0 Å². The lowest BCUT2D eigenvalue weighted by molar-refractivity contribution is 0.316. The fraction of sp³-hybridized carbons (Fsp3) is 0.286. The van der Waals surface area contributed by atoms with Crippen LogP contribution < -0.4 is 16.0 Å². The smallest absolute Gasteiger partial charge is 0.253 e. The summed E-state index contributed by atoms with van der Waals surface area (Å²) in [6, 6.07) is 9.19. The highest BCUT2D eigenvalue weighted by atomic mass is 32.2. The molecular weight excluding hydrogens is 274 g/mol. The standard InChI is InChI=1S/C14H17N3O2S/c1-10-5-2-3-6-11(10)19-7-4-8-20-14-16-12(15)9-13(18)17-14/h2-3,5-6,9H,4,7-8H2,1H3,(H3,15,16,17,18). The number of thioether (sulfide) groups is 1. The van der Waals surface area contributed by atoms with Gasteiger partial charge in [-0.2, -0.15) is 0 Å². The van der Waals surface area contributed by atoms with Crippen molar-refractivity contribution in [3.8, 4) is 5.75 Å². The summed E-state index contributed by atoms with van der Waals surface area (Å²) in [5.41, 5.74) is 6.41. The molecule has 3 N–H and O–H groups in total. The van der Waals surface area contributed by atoms with Crippen LogP contribution in [0.15, 0.2) is 40.3 Å². The average Bonchev–Trinajstić information content (AvgIpc) is 2.39. The average molecular weight is 291 g/mol. The van der Waals surface area contributed by atoms with Gasteiger partial charge >= 0.3 is 0 Å². The lowest BCUT2D eigenvalue weighted by Crippen LogP contribution is -2.09. The minimum Gasteiger partial charge on any atom is -0.493 e. The molecule has 0 fully saturated rings. The van der Waals surface area contributed by atoms with E-state index in [0.29, 0.717) is 11.8 Å². The summed E-state index contributed by atoms with van der Waals surface area (Å²) in [6.07, 6.45) is 0.859. The predicted molar refractivity (Wildman–Crippen MR) is 81.3 cm³/mol. The molecule has 2 aromatic rings. The zero-order valence-corrected chi connectivity index (χ0v) is 12.1. The van der Waals surface area contributed by atoms with Crippen molar-refractivity contribution in [3.63, 3.8) is 0 Å². The number of rotatable bonds is 6. The Morgan fingerprint density at radius 1 is 1.40 bits per heavy atom. The Balaban J connectivity index is 1.74. The zero-order valence-electron chi connectivity index (χ0n) is 11.3. The molecule has 0 amide bonds. The third kappa shape index (κ3) is 4.31. The second-order valence-corrected chi connectivity index (χ2v) is 5.38. The molecule has 1 heterocycles. The van der Waals surface area contributed by atoms with Crippen LogP contribution in [0, 0.1) is 6.92 Å². The maximum Gasteiger partial charge on any atom is 0.253 e. The molecule has 0 atom stereocenters. The van der Waals surface area contributed by atoms with E-state index in [9.17, 15) is 4.79 Å². The molecular formula is C14H17N3O2S. The first-order valence-corrected chi connectivity index (χ1v) is 7.32. The van der Waals surface area contributed by atoms with Crippen LogP contribution in [0.2, 0.25) is 0 Å². The Morgan fingerprint density at radius 2 is 2.20 bits per heavy atom. The Labute approximate surface area is 121 Å². The van der Waals surface area contributed by atoms with Gasteiger partial charge in [-0.3, -0.25) is 4.79 Å². The van der Waals surface area contributed by atoms with E-state index >= 15 is 0 Å². The molecule has 0 unspecified atom stereocenters. The van der Waals surface area contributed by atoms with E-state index in [1.54, 1.807) is 0 Å². The topological polar surface area (TPSA) is 81.0 Å². The molecule has 0 saturated heterocycles. The van der Waals surface area contributed by atoms with Gasteiger partial charge in [0.05, 0.1) is 6.61 Å². The van der Waals surface area contributed by atoms with Gasteiger partial charge in [0.25, 0.3) is 5.56 Å². The third-order valence-electron chi connectivity index (χ3n) is 2.62. The van der Waals surface area contributed by atoms with E-state index in [-0.39, 0.29) is 11.4 Å². The van der Waals surface area contributed by atoms with Crippen LogP contribution in [0.4, 0.5) is 5.82 Å². The first-order chi connectivity index (χ1) is 9.65. The fourth-order valence-electron chi connectivity index (χ4n) is 1.65. The molecule has 106 valence electrons. The number of aromatic nitrogens is 2. The largest absolute Gasteiger partial charge is 0.493 e. The van der Waals surface area contributed by atoms with Crippen molar-refractivity contribution in [2.24, 2.45) is 0 Å². The molecule has 0 spiro atoms. The Hall–Kier alpha value is -1.95. The van der Waals surface area contributed by atoms with Crippen molar-refractivity contribution < 1.29 is 4.74 Å². The van der Waals surface area contributed by atoms with Crippen molar-refractivity contribution in [1.29, 1.82) is 0 Å². The molecule has 0 aliphatic heterocycles. The number of hydrogen-bond acceptors (Lipinski definition) is 5. The summed E-state index contributed by atoms with van der Waals surface area (Å²) >= 11 is 1.46. The molecule has 1 aromatic heterocycles. The van der Waals surface area contributed by atoms with E-state index in [4.69, 9.17) is 10.5 Å². The van der Waals surface area contributed by atoms with Gasteiger partial charge in [-0.15, -0.1) is 0 Å². The van der Waals surface area contributed by atoms with Crippen LogP contribution >= 0.6 is 11.8 Å².